The van der Waals surface area contributed by atoms with Gasteiger partial charge >= 0.3 is 0 Å². The number of aliphatic hydroxyl groups is 1. The fourth-order valence-electron chi connectivity index (χ4n) is 1.42. The minimum Gasteiger partial charge on any atom is -0.390 e. The summed E-state index contributed by atoms with van der Waals surface area (Å²) < 4.78 is 30.5. The van der Waals surface area contributed by atoms with Crippen LogP contribution in [-0.4, -0.2) is 43.4 Å². The quantitative estimate of drug-likeness (QED) is 0.641. The fraction of sp³-hybridized carbons (Fsp3) is 0.538. The molecule has 2 N–H and O–H groups in total. The van der Waals surface area contributed by atoms with Crippen LogP contribution in [0.3, 0.4) is 0 Å². The first kappa shape index (κ1) is 17.5. The van der Waals surface area contributed by atoms with Crippen LogP contribution in [0.15, 0.2) is 18.3 Å². The Morgan fingerprint density at radius 2 is 2.14 bits per heavy atom. The number of carbonyl (C=O) groups is 1. The van der Waals surface area contributed by atoms with Gasteiger partial charge in [0.25, 0.3) is 5.91 Å². The second kappa shape index (κ2) is 8.71. The molecule has 0 radical (unpaired) electrons. The summed E-state index contributed by atoms with van der Waals surface area (Å²) in [6.45, 7) is 2.32. The zero-order chi connectivity index (χ0) is 15.7. The standard InChI is InChI=1S/C13H20N2O5S/c1-2-3-6-20-7-8-21(18,19)15-13(17)11-4-5-12(10-16)14-9-11/h4-5,9,16H,2-3,6-8,10H2,1H3,(H,15,17). The molecule has 0 atom stereocenters. The van der Waals surface area contributed by atoms with Crippen LogP contribution in [0.4, 0.5) is 0 Å². The average molecular weight is 316 g/mol. The monoisotopic (exact) mass is 316 g/mol. The number of rotatable bonds is 9. The predicted molar refractivity (Wildman–Crippen MR) is 77.1 cm³/mol. The van der Waals surface area contributed by atoms with Crippen molar-refractivity contribution < 1.29 is 23.1 Å². The highest BCUT2D eigenvalue weighted by Crippen LogP contribution is 2.01. The van der Waals surface area contributed by atoms with Gasteiger partial charge in [-0.1, -0.05) is 13.3 Å². The Labute approximate surface area is 124 Å². The third-order valence-corrected chi connectivity index (χ3v) is 3.84. The normalized spacial score (nSPS) is 11.3. The number of unbranched alkanes of at least 4 members (excludes halogenated alkanes) is 1. The molecular formula is C13H20N2O5S. The Balaban J connectivity index is 2.47. The van der Waals surface area contributed by atoms with Crippen LogP contribution in [0.1, 0.15) is 35.8 Å². The van der Waals surface area contributed by atoms with Gasteiger partial charge in [0.05, 0.1) is 30.2 Å². The van der Waals surface area contributed by atoms with E-state index in [1.54, 1.807) is 0 Å². The van der Waals surface area contributed by atoms with Crippen LogP contribution >= 0.6 is 0 Å². The average Bonchev–Trinajstić information content (AvgIpc) is 2.46. The lowest BCUT2D eigenvalue weighted by molar-refractivity contribution is 0.0980. The largest absolute Gasteiger partial charge is 0.390 e. The van der Waals surface area contributed by atoms with E-state index in [2.05, 4.69) is 4.98 Å². The molecule has 1 aromatic rings. The molecule has 1 heterocycles. The molecule has 0 spiro atoms. The van der Waals surface area contributed by atoms with Crippen LogP contribution in [0, 0.1) is 0 Å². The molecule has 7 nitrogen and oxygen atoms in total. The zero-order valence-corrected chi connectivity index (χ0v) is 12.7. The molecule has 1 aromatic heterocycles. The van der Waals surface area contributed by atoms with Crippen molar-refractivity contribution in [3.05, 3.63) is 29.6 Å². The topological polar surface area (TPSA) is 106 Å². The number of nitrogens with zero attached hydrogens (tertiary/aromatic N) is 1. The van der Waals surface area contributed by atoms with Gasteiger partial charge in [-0.05, 0) is 18.6 Å². The lowest BCUT2D eigenvalue weighted by Crippen LogP contribution is -2.34. The number of amides is 1. The molecule has 1 rings (SSSR count). The van der Waals surface area contributed by atoms with E-state index in [1.807, 2.05) is 11.6 Å². The number of carbonyl (C=O) groups excluding carboxylic acids is 1. The number of hydrogen-bond acceptors (Lipinski definition) is 6. The Hall–Kier alpha value is -1.51. The van der Waals surface area contributed by atoms with Crippen molar-refractivity contribution in [3.63, 3.8) is 0 Å². The SMILES string of the molecule is CCCCOCCS(=O)(=O)NC(=O)c1ccc(CO)nc1. The minimum absolute atomic E-state index is 0.0459. The van der Waals surface area contributed by atoms with Gasteiger partial charge in [0.1, 0.15) is 0 Å². The van der Waals surface area contributed by atoms with Crippen molar-refractivity contribution in [2.45, 2.75) is 26.4 Å². The first-order chi connectivity index (χ1) is 9.98. The lowest BCUT2D eigenvalue weighted by atomic mass is 10.2. The Kier molecular flexibility index (Phi) is 7.27. The molecule has 0 aliphatic heterocycles. The molecule has 1 amide bonds. The predicted octanol–water partition coefficient (Wildman–Crippen LogP) is 0.450. The van der Waals surface area contributed by atoms with Crippen molar-refractivity contribution in [1.29, 1.82) is 0 Å². The van der Waals surface area contributed by atoms with Gasteiger partial charge in [-0.25, -0.2) is 13.1 Å². The molecule has 118 valence electrons. The second-order valence-corrected chi connectivity index (χ2v) is 6.25. The van der Waals surface area contributed by atoms with Crippen LogP contribution in [0.2, 0.25) is 0 Å². The highest BCUT2D eigenvalue weighted by molar-refractivity contribution is 7.90. The molecule has 0 aliphatic rings. The minimum atomic E-state index is -3.73. The van der Waals surface area contributed by atoms with Gasteiger partial charge in [0.2, 0.25) is 10.0 Å². The van der Waals surface area contributed by atoms with E-state index in [0.29, 0.717) is 12.3 Å². The maximum atomic E-state index is 11.8. The lowest BCUT2D eigenvalue weighted by Gasteiger charge is -2.07. The molecule has 0 bridgehead atoms. The highest BCUT2D eigenvalue weighted by Gasteiger charge is 2.16. The van der Waals surface area contributed by atoms with Crippen molar-refractivity contribution in [1.82, 2.24) is 9.71 Å². The Morgan fingerprint density at radius 1 is 1.38 bits per heavy atom. The third-order valence-electron chi connectivity index (χ3n) is 2.64. The highest BCUT2D eigenvalue weighted by atomic mass is 32.2. The summed E-state index contributed by atoms with van der Waals surface area (Å²) in [4.78, 5) is 15.6. The molecule has 0 aromatic carbocycles. The zero-order valence-electron chi connectivity index (χ0n) is 11.9. The maximum Gasteiger partial charge on any atom is 0.266 e. The van der Waals surface area contributed by atoms with Crippen molar-refractivity contribution >= 4 is 15.9 Å². The van der Waals surface area contributed by atoms with E-state index in [0.717, 1.165) is 12.8 Å². The van der Waals surface area contributed by atoms with Gasteiger partial charge in [-0.2, -0.15) is 0 Å². The number of nitrogens with one attached hydrogen (secondary N) is 1. The maximum absolute atomic E-state index is 11.8. The van der Waals surface area contributed by atoms with Crippen molar-refractivity contribution in [3.8, 4) is 0 Å². The van der Waals surface area contributed by atoms with E-state index in [4.69, 9.17) is 9.84 Å². The first-order valence-electron chi connectivity index (χ1n) is 6.67. The number of aromatic nitrogens is 1. The molecule has 8 heteroatoms. The van der Waals surface area contributed by atoms with Crippen LogP contribution in [0.5, 0.6) is 0 Å². The van der Waals surface area contributed by atoms with E-state index in [9.17, 15) is 13.2 Å². The molecule has 21 heavy (non-hydrogen) atoms. The molecular weight excluding hydrogens is 296 g/mol. The van der Waals surface area contributed by atoms with Crippen molar-refractivity contribution in [2.75, 3.05) is 19.0 Å². The number of pyridine rings is 1. The molecule has 0 aliphatic carbocycles. The summed E-state index contributed by atoms with van der Waals surface area (Å²) in [7, 11) is -3.73. The number of aliphatic hydroxyl groups excluding tert-OH is 1. The first-order valence-corrected chi connectivity index (χ1v) is 8.32. The van der Waals surface area contributed by atoms with Gasteiger partial charge < -0.3 is 9.84 Å². The Bertz CT molecular complexity index is 542. The summed E-state index contributed by atoms with van der Waals surface area (Å²) in [6.07, 6.45) is 3.06. The summed E-state index contributed by atoms with van der Waals surface area (Å²) >= 11 is 0. The summed E-state index contributed by atoms with van der Waals surface area (Å²) in [6, 6.07) is 2.86. The fourth-order valence-corrected chi connectivity index (χ4v) is 2.26. The van der Waals surface area contributed by atoms with E-state index >= 15 is 0 Å². The molecule has 0 fully saturated rings. The van der Waals surface area contributed by atoms with Gasteiger partial charge in [-0.3, -0.25) is 9.78 Å². The second-order valence-electron chi connectivity index (χ2n) is 4.41. The van der Waals surface area contributed by atoms with Crippen LogP contribution < -0.4 is 4.72 Å². The smallest absolute Gasteiger partial charge is 0.266 e. The third kappa shape index (κ3) is 6.65. The Morgan fingerprint density at radius 3 is 2.71 bits per heavy atom. The number of sulfonamides is 1. The van der Waals surface area contributed by atoms with Crippen LogP contribution in [0.25, 0.3) is 0 Å². The summed E-state index contributed by atoms with van der Waals surface area (Å²) in [5.74, 6) is -1.02. The molecule has 0 saturated carbocycles. The number of hydrogen-bond donors (Lipinski definition) is 2. The van der Waals surface area contributed by atoms with E-state index in [-0.39, 0.29) is 24.5 Å². The van der Waals surface area contributed by atoms with Gasteiger partial charge in [-0.15, -0.1) is 0 Å². The molecule has 0 saturated heterocycles. The van der Waals surface area contributed by atoms with Gasteiger partial charge in [0.15, 0.2) is 0 Å². The van der Waals surface area contributed by atoms with Crippen LogP contribution in [-0.2, 0) is 21.4 Å². The van der Waals surface area contributed by atoms with E-state index < -0.39 is 15.9 Å². The van der Waals surface area contributed by atoms with Gasteiger partial charge in [0, 0.05) is 12.8 Å². The number of ether oxygens (including phenoxy) is 1. The molecule has 0 unspecified atom stereocenters. The summed E-state index contributed by atoms with van der Waals surface area (Å²) in [5.41, 5.74) is 0.515. The summed E-state index contributed by atoms with van der Waals surface area (Å²) in [5, 5.41) is 8.84. The van der Waals surface area contributed by atoms with Crippen molar-refractivity contribution in [2.24, 2.45) is 0 Å². The van der Waals surface area contributed by atoms with E-state index in [1.165, 1.54) is 18.3 Å².